The lowest BCUT2D eigenvalue weighted by atomic mass is 10.1. The third kappa shape index (κ3) is 5.86. The molecule has 1 fully saturated rings. The minimum Gasteiger partial charge on any atom is -0.364 e. The molecule has 35 heavy (non-hydrogen) atoms. The number of para-hydroxylation sites is 1. The molecular weight excluding hydrogens is 468 g/mol. The van der Waals surface area contributed by atoms with Crippen LogP contribution in [0, 0.1) is 11.7 Å². The first-order chi connectivity index (χ1) is 16.6. The lowest BCUT2D eigenvalue weighted by molar-refractivity contribution is -0.217. The Hall–Kier alpha value is -3.73. The van der Waals surface area contributed by atoms with Gasteiger partial charge in [-0.15, -0.1) is 5.10 Å². The first kappa shape index (κ1) is 24.4. The van der Waals surface area contributed by atoms with Crippen LogP contribution >= 0.6 is 0 Å². The molecule has 3 aromatic rings. The maximum absolute atomic E-state index is 14.4. The molecule has 0 bridgehead atoms. The molecule has 0 radical (unpaired) electrons. The van der Waals surface area contributed by atoms with Crippen LogP contribution in [-0.4, -0.2) is 40.4 Å². The molecule has 1 aliphatic rings. The molecule has 2 atom stereocenters. The molecular formula is C24H22F4N4O3. The molecule has 0 unspecified atom stereocenters. The number of anilines is 1. The van der Waals surface area contributed by atoms with Crippen molar-refractivity contribution >= 4 is 17.6 Å². The van der Waals surface area contributed by atoms with Crippen LogP contribution in [-0.2, 0) is 20.9 Å². The van der Waals surface area contributed by atoms with E-state index in [0.717, 1.165) is 13.0 Å². The number of amides is 2. The van der Waals surface area contributed by atoms with Gasteiger partial charge in [-0.05, 0) is 42.8 Å². The number of benzene rings is 2. The van der Waals surface area contributed by atoms with E-state index in [4.69, 9.17) is 4.74 Å². The zero-order chi connectivity index (χ0) is 25.2. The molecule has 0 spiro atoms. The van der Waals surface area contributed by atoms with Crippen molar-refractivity contribution in [2.75, 3.05) is 11.9 Å². The normalized spacial score (nSPS) is 16.7. The largest absolute Gasteiger partial charge is 0.414 e. The Morgan fingerprint density at radius 3 is 2.63 bits per heavy atom. The number of rotatable bonds is 7. The smallest absolute Gasteiger partial charge is 0.364 e. The standard InChI is InChI=1S/C24H22F4N4O3/c1-14(24(26,27)28)35-13-15-7-16(9-18(25)8-15)20-11-21(30-23(34)17-10-22(33)29-12-17)31-32(20)19-5-3-2-4-6-19/h2-9,11,14,17H,10,12-13H2,1H3,(H,29,33)(H,30,31,34)/t14-,17+/m1/s1. The third-order valence-corrected chi connectivity index (χ3v) is 5.52. The van der Waals surface area contributed by atoms with Crippen LogP contribution < -0.4 is 10.6 Å². The Kier molecular flexibility index (Phi) is 6.88. The zero-order valence-electron chi connectivity index (χ0n) is 18.6. The van der Waals surface area contributed by atoms with Crippen molar-refractivity contribution < 1.29 is 31.9 Å². The molecule has 7 nitrogen and oxygen atoms in total. The van der Waals surface area contributed by atoms with Gasteiger partial charge in [0.15, 0.2) is 11.9 Å². The van der Waals surface area contributed by atoms with Gasteiger partial charge in [0.25, 0.3) is 0 Å². The summed E-state index contributed by atoms with van der Waals surface area (Å²) < 4.78 is 59.2. The Morgan fingerprint density at radius 1 is 1.23 bits per heavy atom. The molecule has 2 amide bonds. The Balaban J connectivity index is 1.65. The fourth-order valence-corrected chi connectivity index (χ4v) is 3.63. The van der Waals surface area contributed by atoms with Gasteiger partial charge in [0.2, 0.25) is 11.8 Å². The first-order valence-electron chi connectivity index (χ1n) is 10.8. The molecule has 11 heteroatoms. The lowest BCUT2D eigenvalue weighted by Crippen LogP contribution is -2.28. The van der Waals surface area contributed by atoms with Crippen LogP contribution in [0.1, 0.15) is 18.9 Å². The molecule has 1 saturated heterocycles. The second-order valence-electron chi connectivity index (χ2n) is 8.20. The summed E-state index contributed by atoms with van der Waals surface area (Å²) >= 11 is 0. The minimum absolute atomic E-state index is 0.0711. The fourth-order valence-electron chi connectivity index (χ4n) is 3.63. The Labute approximate surface area is 198 Å². The van der Waals surface area contributed by atoms with Crippen molar-refractivity contribution in [3.8, 4) is 16.9 Å². The maximum atomic E-state index is 14.4. The number of ether oxygens (including phenoxy) is 1. The zero-order valence-corrected chi connectivity index (χ0v) is 18.6. The SMILES string of the molecule is C[C@@H](OCc1cc(F)cc(-c2cc(NC(=O)[C@@H]3CNC(=O)C3)nn2-c2ccccc2)c1)C(F)(F)F. The van der Waals surface area contributed by atoms with Crippen LogP contribution in [0.15, 0.2) is 54.6 Å². The summed E-state index contributed by atoms with van der Waals surface area (Å²) in [6, 6.07) is 14.2. The van der Waals surface area contributed by atoms with Gasteiger partial charge < -0.3 is 15.4 Å². The summed E-state index contributed by atoms with van der Waals surface area (Å²) in [5, 5.41) is 9.71. The highest BCUT2D eigenvalue weighted by Crippen LogP contribution is 2.29. The van der Waals surface area contributed by atoms with Crippen LogP contribution in [0.2, 0.25) is 0 Å². The number of aromatic nitrogens is 2. The van der Waals surface area contributed by atoms with Crippen LogP contribution in [0.4, 0.5) is 23.4 Å². The van der Waals surface area contributed by atoms with Crippen LogP contribution in [0.25, 0.3) is 16.9 Å². The van der Waals surface area contributed by atoms with Crippen LogP contribution in [0.5, 0.6) is 0 Å². The highest BCUT2D eigenvalue weighted by atomic mass is 19.4. The summed E-state index contributed by atoms with van der Waals surface area (Å²) in [6.07, 6.45) is -6.47. The van der Waals surface area contributed by atoms with E-state index in [1.165, 1.54) is 22.9 Å². The predicted molar refractivity (Wildman–Crippen MR) is 119 cm³/mol. The van der Waals surface area contributed by atoms with E-state index in [-0.39, 0.29) is 36.2 Å². The average Bonchev–Trinajstić information content (AvgIpc) is 3.43. The molecule has 2 heterocycles. The molecule has 184 valence electrons. The molecule has 2 aromatic carbocycles. The van der Waals surface area contributed by atoms with Crippen molar-refractivity contribution in [1.29, 1.82) is 0 Å². The van der Waals surface area contributed by atoms with Crippen molar-refractivity contribution in [2.24, 2.45) is 5.92 Å². The highest BCUT2D eigenvalue weighted by Gasteiger charge is 2.37. The Bertz CT molecular complexity index is 1230. The van der Waals surface area contributed by atoms with E-state index in [0.29, 0.717) is 16.9 Å². The number of carbonyl (C=O) groups excluding carboxylic acids is 2. The van der Waals surface area contributed by atoms with Gasteiger partial charge in [-0.2, -0.15) is 13.2 Å². The van der Waals surface area contributed by atoms with Crippen molar-refractivity contribution in [1.82, 2.24) is 15.1 Å². The molecule has 0 saturated carbocycles. The summed E-state index contributed by atoms with van der Waals surface area (Å²) in [4.78, 5) is 24.0. The summed E-state index contributed by atoms with van der Waals surface area (Å²) in [7, 11) is 0. The predicted octanol–water partition coefficient (Wildman–Crippen LogP) is 4.22. The monoisotopic (exact) mass is 490 g/mol. The molecule has 2 N–H and O–H groups in total. The summed E-state index contributed by atoms with van der Waals surface area (Å²) in [5.74, 6) is -1.62. The van der Waals surface area contributed by atoms with Crippen molar-refractivity contribution in [3.05, 3.63) is 66.0 Å². The maximum Gasteiger partial charge on any atom is 0.414 e. The number of hydrogen-bond acceptors (Lipinski definition) is 4. The topological polar surface area (TPSA) is 85.2 Å². The lowest BCUT2D eigenvalue weighted by Gasteiger charge is -2.16. The van der Waals surface area contributed by atoms with E-state index in [1.54, 1.807) is 30.3 Å². The number of hydrogen-bond donors (Lipinski definition) is 2. The number of nitrogens with zero attached hydrogens (tertiary/aromatic N) is 2. The summed E-state index contributed by atoms with van der Waals surface area (Å²) in [5.41, 5.74) is 1.56. The second-order valence-corrected chi connectivity index (χ2v) is 8.20. The highest BCUT2D eigenvalue weighted by molar-refractivity contribution is 5.97. The van der Waals surface area contributed by atoms with E-state index in [1.807, 2.05) is 0 Å². The van der Waals surface area contributed by atoms with Gasteiger partial charge in [0.1, 0.15) is 5.82 Å². The van der Waals surface area contributed by atoms with Crippen molar-refractivity contribution in [3.63, 3.8) is 0 Å². The van der Waals surface area contributed by atoms with E-state index in [9.17, 15) is 27.2 Å². The van der Waals surface area contributed by atoms with Crippen LogP contribution in [0.3, 0.4) is 0 Å². The number of nitrogens with one attached hydrogen (secondary N) is 2. The number of halogens is 4. The van der Waals surface area contributed by atoms with Gasteiger partial charge in [0, 0.05) is 24.6 Å². The Morgan fingerprint density at radius 2 is 1.97 bits per heavy atom. The van der Waals surface area contributed by atoms with Gasteiger partial charge in [0.05, 0.1) is 23.9 Å². The fraction of sp³-hybridized carbons (Fsp3) is 0.292. The molecule has 4 rings (SSSR count). The molecule has 0 aliphatic carbocycles. The van der Waals surface area contributed by atoms with E-state index >= 15 is 0 Å². The van der Waals surface area contributed by atoms with E-state index < -0.39 is 30.6 Å². The van der Waals surface area contributed by atoms with Gasteiger partial charge in [-0.1, -0.05) is 18.2 Å². The van der Waals surface area contributed by atoms with Gasteiger partial charge in [-0.25, -0.2) is 9.07 Å². The second kappa shape index (κ2) is 9.87. The van der Waals surface area contributed by atoms with Gasteiger partial charge >= 0.3 is 6.18 Å². The quantitative estimate of drug-likeness (QED) is 0.486. The number of carbonyl (C=O) groups is 2. The minimum atomic E-state index is -4.53. The average molecular weight is 490 g/mol. The number of alkyl halides is 3. The summed E-state index contributed by atoms with van der Waals surface area (Å²) in [6.45, 7) is 0.658. The molecule has 1 aromatic heterocycles. The first-order valence-corrected chi connectivity index (χ1v) is 10.8. The van der Waals surface area contributed by atoms with Crippen molar-refractivity contribution in [2.45, 2.75) is 32.2 Å². The van der Waals surface area contributed by atoms with E-state index in [2.05, 4.69) is 15.7 Å². The third-order valence-electron chi connectivity index (χ3n) is 5.52. The van der Waals surface area contributed by atoms with Gasteiger partial charge in [-0.3, -0.25) is 9.59 Å². The molecule has 1 aliphatic heterocycles.